The molecule has 2 amide bonds. The minimum atomic E-state index is -3.84. The first-order chi connectivity index (χ1) is 19.6. The van der Waals surface area contributed by atoms with E-state index in [1.807, 2.05) is 42.5 Å². The highest BCUT2D eigenvalue weighted by atomic mass is 79.9. The highest BCUT2D eigenvalue weighted by molar-refractivity contribution is 9.10. The van der Waals surface area contributed by atoms with E-state index in [0.717, 1.165) is 53.8 Å². The van der Waals surface area contributed by atoms with Crippen LogP contribution in [0, 0.1) is 0 Å². The molecule has 41 heavy (non-hydrogen) atoms. The van der Waals surface area contributed by atoms with Crippen LogP contribution in [0.3, 0.4) is 0 Å². The van der Waals surface area contributed by atoms with Crippen LogP contribution in [0.15, 0.2) is 83.3 Å². The minimum absolute atomic E-state index is 0.0507. The Labute approximate surface area is 256 Å². The number of benzene rings is 3. The number of anilines is 1. The molecule has 1 aliphatic carbocycles. The zero-order valence-electron chi connectivity index (χ0n) is 23.0. The normalized spacial score (nSPS) is 14.7. The summed E-state index contributed by atoms with van der Waals surface area (Å²) in [5.41, 5.74) is 2.02. The summed E-state index contributed by atoms with van der Waals surface area (Å²) < 4.78 is 27.5. The van der Waals surface area contributed by atoms with Gasteiger partial charge in [-0.25, -0.2) is 8.42 Å². The van der Waals surface area contributed by atoms with Gasteiger partial charge in [0, 0.05) is 28.5 Å². The Morgan fingerprint density at radius 1 is 0.927 bits per heavy atom. The second-order valence-corrected chi connectivity index (χ2v) is 13.6. The smallest absolute Gasteiger partial charge is 0.244 e. The topological polar surface area (TPSA) is 86.8 Å². The van der Waals surface area contributed by atoms with E-state index in [9.17, 15) is 18.0 Å². The number of para-hydroxylation sites is 1. The molecule has 1 N–H and O–H groups in total. The monoisotopic (exact) mass is 659 g/mol. The number of amides is 2. The number of hydrogen-bond acceptors (Lipinski definition) is 4. The largest absolute Gasteiger partial charge is 0.352 e. The molecule has 1 fully saturated rings. The van der Waals surface area contributed by atoms with Gasteiger partial charge in [-0.2, -0.15) is 0 Å². The van der Waals surface area contributed by atoms with Gasteiger partial charge in [-0.3, -0.25) is 13.9 Å². The molecule has 3 aromatic rings. The molecule has 0 bridgehead atoms. The number of sulfonamides is 1. The molecule has 1 aliphatic rings. The molecule has 1 saturated carbocycles. The van der Waals surface area contributed by atoms with Crippen LogP contribution in [-0.2, 0) is 32.6 Å². The Bertz CT molecular complexity index is 1430. The van der Waals surface area contributed by atoms with Crippen LogP contribution in [0.2, 0.25) is 5.02 Å². The number of nitrogens with zero attached hydrogens (tertiary/aromatic N) is 2. The fourth-order valence-corrected chi connectivity index (χ4v) is 6.74. The van der Waals surface area contributed by atoms with E-state index >= 15 is 0 Å². The molecule has 3 aromatic carbocycles. The maximum atomic E-state index is 14.2. The molecule has 0 aliphatic heterocycles. The second kappa shape index (κ2) is 14.3. The van der Waals surface area contributed by atoms with Crippen molar-refractivity contribution in [2.24, 2.45) is 0 Å². The summed E-state index contributed by atoms with van der Waals surface area (Å²) in [6, 6.07) is 22.7. The van der Waals surface area contributed by atoms with Crippen molar-refractivity contribution in [1.29, 1.82) is 0 Å². The van der Waals surface area contributed by atoms with Crippen LogP contribution < -0.4 is 9.62 Å². The molecular formula is C31H35BrClN3O4S. The molecule has 0 aromatic heterocycles. The Hall–Kier alpha value is -2.88. The quantitative estimate of drug-likeness (QED) is 0.275. The Kier molecular flexibility index (Phi) is 10.9. The van der Waals surface area contributed by atoms with Crippen molar-refractivity contribution >= 4 is 55.1 Å². The van der Waals surface area contributed by atoms with Crippen LogP contribution in [0.1, 0.15) is 43.2 Å². The first-order valence-electron chi connectivity index (χ1n) is 13.7. The van der Waals surface area contributed by atoms with Gasteiger partial charge in [0.25, 0.3) is 0 Å². The summed E-state index contributed by atoms with van der Waals surface area (Å²) in [5.74, 6) is -0.726. The molecule has 0 unspecified atom stereocenters. The molecule has 4 rings (SSSR count). The van der Waals surface area contributed by atoms with Crippen molar-refractivity contribution in [3.8, 4) is 0 Å². The molecule has 10 heteroatoms. The summed E-state index contributed by atoms with van der Waals surface area (Å²) in [7, 11) is -3.84. The number of nitrogens with one attached hydrogen (secondary N) is 1. The standard InChI is InChI=1S/C31H35BrClN3O4S/c1-41(39,40)36(28-15-9-8-14-27(28)32)22-30(37)35(21-24-16-18-25(33)19-17-24)29(20-23-10-4-2-5-11-23)31(38)34-26-12-6-3-7-13-26/h2,4-5,8-11,14-19,26,29H,3,6-7,12-13,20-22H2,1H3,(H,34,38)/t29-/m0/s1. The second-order valence-electron chi connectivity index (χ2n) is 10.4. The molecule has 0 radical (unpaired) electrons. The summed E-state index contributed by atoms with van der Waals surface area (Å²) in [5, 5.41) is 3.76. The fourth-order valence-electron chi connectivity index (χ4n) is 5.13. The van der Waals surface area contributed by atoms with Crippen molar-refractivity contribution < 1.29 is 18.0 Å². The van der Waals surface area contributed by atoms with E-state index in [4.69, 9.17) is 11.6 Å². The van der Waals surface area contributed by atoms with E-state index in [0.29, 0.717) is 15.2 Å². The van der Waals surface area contributed by atoms with Gasteiger partial charge >= 0.3 is 0 Å². The summed E-state index contributed by atoms with van der Waals surface area (Å²) in [4.78, 5) is 29.6. The van der Waals surface area contributed by atoms with E-state index in [1.54, 1.807) is 36.4 Å². The lowest BCUT2D eigenvalue weighted by molar-refractivity contribution is -0.140. The van der Waals surface area contributed by atoms with E-state index in [1.165, 1.54) is 4.90 Å². The molecule has 218 valence electrons. The van der Waals surface area contributed by atoms with Crippen LogP contribution in [-0.4, -0.2) is 50.0 Å². The number of rotatable bonds is 11. The van der Waals surface area contributed by atoms with Crippen molar-refractivity contribution in [3.05, 3.63) is 99.5 Å². The third-order valence-electron chi connectivity index (χ3n) is 7.29. The number of halogens is 2. The van der Waals surface area contributed by atoms with Gasteiger partial charge in [-0.15, -0.1) is 0 Å². The zero-order chi connectivity index (χ0) is 29.4. The van der Waals surface area contributed by atoms with Crippen LogP contribution in [0.25, 0.3) is 0 Å². The van der Waals surface area contributed by atoms with Gasteiger partial charge in [0.15, 0.2) is 0 Å². The Morgan fingerprint density at radius 3 is 2.20 bits per heavy atom. The lowest BCUT2D eigenvalue weighted by Crippen LogP contribution is -2.55. The van der Waals surface area contributed by atoms with Gasteiger partial charge in [0.05, 0.1) is 11.9 Å². The van der Waals surface area contributed by atoms with E-state index in [-0.39, 0.29) is 24.9 Å². The van der Waals surface area contributed by atoms with Crippen LogP contribution >= 0.6 is 27.5 Å². The number of carbonyl (C=O) groups excluding carboxylic acids is 2. The maximum absolute atomic E-state index is 14.2. The first kappa shape index (κ1) is 31.1. The van der Waals surface area contributed by atoms with Crippen molar-refractivity contribution in [3.63, 3.8) is 0 Å². The predicted molar refractivity (Wildman–Crippen MR) is 167 cm³/mol. The van der Waals surface area contributed by atoms with Gasteiger partial charge in [-0.05, 0) is 64.2 Å². The van der Waals surface area contributed by atoms with Crippen molar-refractivity contribution in [1.82, 2.24) is 10.2 Å². The Balaban J connectivity index is 1.72. The molecule has 1 atom stereocenters. The van der Waals surface area contributed by atoms with Crippen LogP contribution in [0.4, 0.5) is 5.69 Å². The van der Waals surface area contributed by atoms with Gasteiger partial charge in [-0.1, -0.05) is 85.5 Å². The predicted octanol–water partition coefficient (Wildman–Crippen LogP) is 5.96. The third-order valence-corrected chi connectivity index (χ3v) is 9.34. The van der Waals surface area contributed by atoms with Gasteiger partial charge < -0.3 is 10.2 Å². The molecule has 0 spiro atoms. The van der Waals surface area contributed by atoms with Gasteiger partial charge in [0.1, 0.15) is 12.6 Å². The number of hydrogen-bond donors (Lipinski definition) is 1. The average molecular weight is 661 g/mol. The summed E-state index contributed by atoms with van der Waals surface area (Å²) in [6.07, 6.45) is 6.41. The minimum Gasteiger partial charge on any atom is -0.352 e. The van der Waals surface area contributed by atoms with Crippen LogP contribution in [0.5, 0.6) is 0 Å². The third kappa shape index (κ3) is 8.80. The molecular weight excluding hydrogens is 626 g/mol. The molecule has 0 heterocycles. The molecule has 7 nitrogen and oxygen atoms in total. The summed E-state index contributed by atoms with van der Waals surface area (Å²) >= 11 is 9.54. The lowest BCUT2D eigenvalue weighted by atomic mass is 9.94. The highest BCUT2D eigenvalue weighted by Gasteiger charge is 2.34. The van der Waals surface area contributed by atoms with Gasteiger partial charge in [0.2, 0.25) is 21.8 Å². The maximum Gasteiger partial charge on any atom is 0.244 e. The van der Waals surface area contributed by atoms with Crippen molar-refractivity contribution in [2.75, 3.05) is 17.1 Å². The average Bonchev–Trinajstić information content (AvgIpc) is 2.95. The fraction of sp³-hybridized carbons (Fsp3) is 0.355. The molecule has 0 saturated heterocycles. The van der Waals surface area contributed by atoms with E-state index in [2.05, 4.69) is 21.2 Å². The van der Waals surface area contributed by atoms with Crippen molar-refractivity contribution in [2.45, 2.75) is 57.2 Å². The first-order valence-corrected chi connectivity index (χ1v) is 16.7. The lowest BCUT2D eigenvalue weighted by Gasteiger charge is -2.35. The number of carbonyl (C=O) groups is 2. The highest BCUT2D eigenvalue weighted by Crippen LogP contribution is 2.28. The SMILES string of the molecule is CS(=O)(=O)N(CC(=O)N(Cc1ccc(Cl)cc1)[C@@H](Cc1ccccc1)C(=O)NC1CCCCC1)c1ccccc1Br. The Morgan fingerprint density at radius 2 is 1.56 bits per heavy atom. The summed E-state index contributed by atoms with van der Waals surface area (Å²) in [6.45, 7) is -0.351. The zero-order valence-corrected chi connectivity index (χ0v) is 26.2. The van der Waals surface area contributed by atoms with E-state index < -0.39 is 28.5 Å².